The zero-order valence-corrected chi connectivity index (χ0v) is 12.0. The third-order valence-electron chi connectivity index (χ3n) is 4.42. The molecule has 3 rings (SSSR count). The highest BCUT2D eigenvalue weighted by atomic mass is 16.2. The van der Waals surface area contributed by atoms with Gasteiger partial charge in [-0.05, 0) is 42.5 Å². The van der Waals surface area contributed by atoms with Crippen molar-refractivity contribution in [2.45, 2.75) is 45.6 Å². The third-order valence-corrected chi connectivity index (χ3v) is 4.42. The smallest absolute Gasteiger partial charge is 0.235 e. The molecule has 1 saturated heterocycles. The molecule has 1 aromatic rings. The maximum Gasteiger partial charge on any atom is 0.235 e. The molecule has 0 aromatic heterocycles. The number of benzene rings is 1. The fourth-order valence-electron chi connectivity index (χ4n) is 3.37. The molecule has 1 aliphatic heterocycles. The second-order valence-corrected chi connectivity index (χ2v) is 6.50. The molecule has 1 unspecified atom stereocenters. The van der Waals surface area contributed by atoms with Gasteiger partial charge in [-0.15, -0.1) is 0 Å². The van der Waals surface area contributed by atoms with E-state index in [4.69, 9.17) is 5.73 Å². The van der Waals surface area contributed by atoms with Crippen molar-refractivity contribution in [2.75, 3.05) is 5.73 Å². The molecule has 2 N–H and O–H groups in total. The highest BCUT2D eigenvalue weighted by molar-refractivity contribution is 6.05. The SMILES string of the molecule is CC1(C)CC(=O)N(C2CCCc3cc(N)ccc32)C1=O. The number of amides is 2. The number of fused-ring (bicyclic) bond motifs is 1. The van der Waals surface area contributed by atoms with Gasteiger partial charge in [0.25, 0.3) is 0 Å². The van der Waals surface area contributed by atoms with Crippen molar-refractivity contribution in [3.05, 3.63) is 29.3 Å². The number of carbonyl (C=O) groups excluding carboxylic acids is 2. The van der Waals surface area contributed by atoms with Crippen LogP contribution in [0.15, 0.2) is 18.2 Å². The summed E-state index contributed by atoms with van der Waals surface area (Å²) in [4.78, 5) is 26.2. The van der Waals surface area contributed by atoms with Gasteiger partial charge in [0.15, 0.2) is 0 Å². The maximum atomic E-state index is 12.5. The highest BCUT2D eigenvalue weighted by Gasteiger charge is 2.48. The first kappa shape index (κ1) is 13.2. The monoisotopic (exact) mass is 272 g/mol. The molecular weight excluding hydrogens is 252 g/mol. The predicted molar refractivity (Wildman–Crippen MR) is 76.8 cm³/mol. The van der Waals surface area contributed by atoms with Crippen LogP contribution in [0, 0.1) is 5.41 Å². The molecule has 20 heavy (non-hydrogen) atoms. The minimum Gasteiger partial charge on any atom is -0.399 e. The van der Waals surface area contributed by atoms with E-state index in [1.165, 1.54) is 10.5 Å². The summed E-state index contributed by atoms with van der Waals surface area (Å²) >= 11 is 0. The van der Waals surface area contributed by atoms with Crippen molar-refractivity contribution in [2.24, 2.45) is 5.41 Å². The molecule has 1 atom stereocenters. The van der Waals surface area contributed by atoms with Gasteiger partial charge in [-0.25, -0.2) is 0 Å². The number of nitrogens with zero attached hydrogens (tertiary/aromatic N) is 1. The van der Waals surface area contributed by atoms with E-state index in [0.29, 0.717) is 6.42 Å². The summed E-state index contributed by atoms with van der Waals surface area (Å²) in [6.45, 7) is 3.69. The molecule has 1 aliphatic carbocycles. The predicted octanol–water partition coefficient (Wildman–Crippen LogP) is 2.43. The van der Waals surface area contributed by atoms with Gasteiger partial charge < -0.3 is 5.73 Å². The number of nitrogens with two attached hydrogens (primary N) is 1. The summed E-state index contributed by atoms with van der Waals surface area (Å²) < 4.78 is 0. The minimum absolute atomic E-state index is 0.0443. The standard InChI is InChI=1S/C16H20N2O2/c1-16(2)9-14(19)18(15(16)20)13-5-3-4-10-8-11(17)6-7-12(10)13/h6-8,13H,3-5,9,17H2,1-2H3. The van der Waals surface area contributed by atoms with Crippen LogP contribution in [0.4, 0.5) is 5.69 Å². The Morgan fingerprint density at radius 1 is 1.30 bits per heavy atom. The molecule has 4 nitrogen and oxygen atoms in total. The van der Waals surface area contributed by atoms with Crippen LogP contribution in [0.3, 0.4) is 0 Å². The Balaban J connectivity index is 2.01. The van der Waals surface area contributed by atoms with Crippen LogP contribution in [-0.4, -0.2) is 16.7 Å². The lowest BCUT2D eigenvalue weighted by Gasteiger charge is -2.32. The Kier molecular flexibility index (Phi) is 2.85. The van der Waals surface area contributed by atoms with Crippen LogP contribution in [0.2, 0.25) is 0 Å². The van der Waals surface area contributed by atoms with Gasteiger partial charge >= 0.3 is 0 Å². The summed E-state index contributed by atoms with van der Waals surface area (Å²) in [6.07, 6.45) is 3.12. The molecule has 1 fully saturated rings. The first-order chi connectivity index (χ1) is 9.40. The second-order valence-electron chi connectivity index (χ2n) is 6.50. The van der Waals surface area contributed by atoms with Crippen molar-refractivity contribution in [3.63, 3.8) is 0 Å². The van der Waals surface area contributed by atoms with Gasteiger partial charge in [0.1, 0.15) is 0 Å². The van der Waals surface area contributed by atoms with Gasteiger partial charge in [0, 0.05) is 12.1 Å². The molecule has 2 amide bonds. The summed E-state index contributed by atoms with van der Waals surface area (Å²) in [5.74, 6) is -0.0909. The molecule has 0 bridgehead atoms. The number of likely N-dealkylation sites (tertiary alicyclic amines) is 1. The van der Waals surface area contributed by atoms with Gasteiger partial charge in [-0.2, -0.15) is 0 Å². The van der Waals surface area contributed by atoms with E-state index in [2.05, 4.69) is 0 Å². The van der Waals surface area contributed by atoms with Crippen LogP contribution < -0.4 is 5.73 Å². The van der Waals surface area contributed by atoms with Gasteiger partial charge in [-0.3, -0.25) is 14.5 Å². The van der Waals surface area contributed by atoms with Crippen molar-refractivity contribution in [1.29, 1.82) is 0 Å². The van der Waals surface area contributed by atoms with E-state index in [1.54, 1.807) is 0 Å². The average molecular weight is 272 g/mol. The van der Waals surface area contributed by atoms with Crippen LogP contribution in [0.1, 0.15) is 50.3 Å². The normalized spacial score (nSPS) is 24.9. The van der Waals surface area contributed by atoms with Crippen LogP contribution in [0.5, 0.6) is 0 Å². The Bertz CT molecular complexity index is 592. The lowest BCUT2D eigenvalue weighted by molar-refractivity contribution is -0.144. The van der Waals surface area contributed by atoms with E-state index in [-0.39, 0.29) is 17.9 Å². The average Bonchev–Trinajstić information content (AvgIpc) is 2.57. The number of aryl methyl sites for hydroxylation is 1. The number of hydrogen-bond donors (Lipinski definition) is 1. The molecule has 0 radical (unpaired) electrons. The Hall–Kier alpha value is -1.84. The maximum absolute atomic E-state index is 12.5. The van der Waals surface area contributed by atoms with Crippen LogP contribution >= 0.6 is 0 Å². The number of rotatable bonds is 1. The van der Waals surface area contributed by atoms with Crippen molar-refractivity contribution < 1.29 is 9.59 Å². The molecule has 0 spiro atoms. The Morgan fingerprint density at radius 3 is 2.70 bits per heavy atom. The number of nitrogen functional groups attached to an aromatic ring is 1. The fourth-order valence-corrected chi connectivity index (χ4v) is 3.37. The van der Waals surface area contributed by atoms with Crippen molar-refractivity contribution in [3.8, 4) is 0 Å². The number of imide groups is 1. The first-order valence-electron chi connectivity index (χ1n) is 7.15. The lowest BCUT2D eigenvalue weighted by Crippen LogP contribution is -2.38. The molecular formula is C16H20N2O2. The lowest BCUT2D eigenvalue weighted by atomic mass is 9.86. The van der Waals surface area contributed by atoms with E-state index < -0.39 is 5.41 Å². The molecule has 2 aliphatic rings. The fraction of sp³-hybridized carbons (Fsp3) is 0.500. The van der Waals surface area contributed by atoms with E-state index in [1.807, 2.05) is 32.0 Å². The Labute approximate surface area is 118 Å². The summed E-state index contributed by atoms with van der Waals surface area (Å²) in [5.41, 5.74) is 8.26. The molecule has 1 aromatic carbocycles. The number of carbonyl (C=O) groups is 2. The molecule has 0 saturated carbocycles. The number of anilines is 1. The zero-order chi connectivity index (χ0) is 14.5. The topological polar surface area (TPSA) is 63.4 Å². The van der Waals surface area contributed by atoms with Gasteiger partial charge in [0.05, 0.1) is 11.5 Å². The summed E-state index contributed by atoms with van der Waals surface area (Å²) in [5, 5.41) is 0. The minimum atomic E-state index is -0.567. The van der Waals surface area contributed by atoms with Crippen molar-refractivity contribution in [1.82, 2.24) is 4.90 Å². The number of hydrogen-bond acceptors (Lipinski definition) is 3. The molecule has 1 heterocycles. The van der Waals surface area contributed by atoms with E-state index in [9.17, 15) is 9.59 Å². The van der Waals surface area contributed by atoms with E-state index >= 15 is 0 Å². The molecule has 4 heteroatoms. The van der Waals surface area contributed by atoms with Gasteiger partial charge in [0.2, 0.25) is 11.8 Å². The van der Waals surface area contributed by atoms with Crippen LogP contribution in [0.25, 0.3) is 0 Å². The largest absolute Gasteiger partial charge is 0.399 e. The van der Waals surface area contributed by atoms with Gasteiger partial charge in [-0.1, -0.05) is 19.9 Å². The third kappa shape index (κ3) is 1.90. The Morgan fingerprint density at radius 2 is 2.05 bits per heavy atom. The second kappa shape index (κ2) is 4.33. The first-order valence-corrected chi connectivity index (χ1v) is 7.15. The highest BCUT2D eigenvalue weighted by Crippen LogP contribution is 2.42. The van der Waals surface area contributed by atoms with Crippen molar-refractivity contribution >= 4 is 17.5 Å². The quantitative estimate of drug-likeness (QED) is 0.631. The zero-order valence-electron chi connectivity index (χ0n) is 12.0. The molecule has 106 valence electrons. The summed E-state index contributed by atoms with van der Waals surface area (Å²) in [6, 6.07) is 5.69. The van der Waals surface area contributed by atoms with Crippen LogP contribution in [-0.2, 0) is 16.0 Å². The van der Waals surface area contributed by atoms with E-state index in [0.717, 1.165) is 30.5 Å². The summed E-state index contributed by atoms with van der Waals surface area (Å²) in [7, 11) is 0.